The molecule has 1 aromatic rings. The molecule has 1 saturated heterocycles. The number of rotatable bonds is 6. The van der Waals surface area contributed by atoms with Gasteiger partial charge in [0.15, 0.2) is 18.1 Å². The Balaban J connectivity index is 2.19. The highest BCUT2D eigenvalue weighted by Crippen LogP contribution is 2.38. The van der Waals surface area contributed by atoms with Crippen LogP contribution in [0.1, 0.15) is 18.9 Å². The molecule has 1 aliphatic rings. The summed E-state index contributed by atoms with van der Waals surface area (Å²) in [6, 6.07) is 7.59. The van der Waals surface area contributed by atoms with Gasteiger partial charge >= 0.3 is 11.9 Å². The number of β-lactam (4-membered cyclic amide) rings is 1. The van der Waals surface area contributed by atoms with Crippen molar-refractivity contribution in [3.05, 3.63) is 41.3 Å². The molecule has 1 atom stereocenters. The van der Waals surface area contributed by atoms with Gasteiger partial charge in [0.05, 0.1) is 11.8 Å². The van der Waals surface area contributed by atoms with Crippen LogP contribution in [0, 0.1) is 6.92 Å². The van der Waals surface area contributed by atoms with Crippen LogP contribution < -0.4 is 0 Å². The molecule has 1 heterocycles. The van der Waals surface area contributed by atoms with E-state index in [0.717, 1.165) is 22.3 Å². The first-order chi connectivity index (χ1) is 11.3. The molecule has 128 valence electrons. The fourth-order valence-corrected chi connectivity index (χ4v) is 3.29. The summed E-state index contributed by atoms with van der Waals surface area (Å²) in [4.78, 5) is 36.0. The third-order valence-electron chi connectivity index (χ3n) is 3.33. The molecule has 24 heavy (non-hydrogen) atoms. The summed E-state index contributed by atoms with van der Waals surface area (Å²) in [6.45, 7) is 2.49. The van der Waals surface area contributed by atoms with E-state index in [0.29, 0.717) is 0 Å². The summed E-state index contributed by atoms with van der Waals surface area (Å²) in [6.07, 6.45) is 0.163. The van der Waals surface area contributed by atoms with Crippen LogP contribution in [0.3, 0.4) is 0 Å². The third-order valence-corrected chi connectivity index (χ3v) is 4.52. The SMILES string of the molecule is CC(=O)OCC(O)=C(C(=O)O)N1C(=O)CC1Sc1ccc(C)cc1. The van der Waals surface area contributed by atoms with Gasteiger partial charge in [-0.15, -0.1) is 11.8 Å². The van der Waals surface area contributed by atoms with Gasteiger partial charge in [0.2, 0.25) is 5.91 Å². The van der Waals surface area contributed by atoms with Gasteiger partial charge in [-0.25, -0.2) is 4.79 Å². The molecule has 1 aliphatic heterocycles. The molecular weight excluding hydrogens is 334 g/mol. The summed E-state index contributed by atoms with van der Waals surface area (Å²) >= 11 is 1.33. The smallest absolute Gasteiger partial charge is 0.356 e. The zero-order chi connectivity index (χ0) is 17.9. The number of benzene rings is 1. The van der Waals surface area contributed by atoms with Crippen LogP contribution in [0.15, 0.2) is 40.6 Å². The summed E-state index contributed by atoms with van der Waals surface area (Å²) in [5.41, 5.74) is 0.531. The molecule has 1 aromatic carbocycles. The minimum Gasteiger partial charge on any atom is -0.506 e. The molecule has 8 heteroatoms. The van der Waals surface area contributed by atoms with E-state index < -0.39 is 41.3 Å². The Hall–Kier alpha value is -2.48. The van der Waals surface area contributed by atoms with Gasteiger partial charge in [0.1, 0.15) is 0 Å². The molecule has 1 unspecified atom stereocenters. The molecule has 0 radical (unpaired) electrons. The third kappa shape index (κ3) is 4.08. The van der Waals surface area contributed by atoms with Crippen LogP contribution in [0.4, 0.5) is 0 Å². The summed E-state index contributed by atoms with van der Waals surface area (Å²) < 4.78 is 4.60. The molecular formula is C16H17NO6S. The molecule has 1 fully saturated rings. The lowest BCUT2D eigenvalue weighted by atomic mass is 10.1. The molecule has 2 rings (SSSR count). The zero-order valence-corrected chi connectivity index (χ0v) is 14.0. The molecule has 7 nitrogen and oxygen atoms in total. The van der Waals surface area contributed by atoms with Crippen molar-refractivity contribution in [1.29, 1.82) is 0 Å². The lowest BCUT2D eigenvalue weighted by Gasteiger charge is -2.39. The number of carbonyl (C=O) groups is 3. The second-order valence-electron chi connectivity index (χ2n) is 5.23. The van der Waals surface area contributed by atoms with Gasteiger partial charge in [-0.05, 0) is 19.1 Å². The monoisotopic (exact) mass is 351 g/mol. The molecule has 1 amide bonds. The van der Waals surface area contributed by atoms with E-state index in [1.165, 1.54) is 11.8 Å². The fraction of sp³-hybridized carbons (Fsp3) is 0.312. The number of aliphatic hydroxyl groups excluding tert-OH is 1. The Labute approximate surface area is 142 Å². The zero-order valence-electron chi connectivity index (χ0n) is 13.2. The number of thioether (sulfide) groups is 1. The number of aliphatic carboxylic acids is 1. The number of carbonyl (C=O) groups excluding carboxylic acids is 2. The van der Waals surface area contributed by atoms with Crippen molar-refractivity contribution in [3.8, 4) is 0 Å². The normalized spacial score (nSPS) is 17.8. The van der Waals surface area contributed by atoms with Crippen molar-refractivity contribution >= 4 is 29.6 Å². The number of hydrogen-bond donors (Lipinski definition) is 2. The predicted molar refractivity (Wildman–Crippen MR) is 86.2 cm³/mol. The lowest BCUT2D eigenvalue weighted by molar-refractivity contribution is -0.147. The number of carboxylic acid groups (broad SMARTS) is 1. The number of amides is 1. The van der Waals surface area contributed by atoms with Gasteiger partial charge in [-0.3, -0.25) is 14.5 Å². The second kappa shape index (κ2) is 7.39. The molecule has 0 aliphatic carbocycles. The van der Waals surface area contributed by atoms with E-state index in [2.05, 4.69) is 4.74 Å². The van der Waals surface area contributed by atoms with Crippen LogP contribution in [0.5, 0.6) is 0 Å². The van der Waals surface area contributed by atoms with Crippen molar-refractivity contribution in [3.63, 3.8) is 0 Å². The van der Waals surface area contributed by atoms with Gasteiger partial charge in [-0.2, -0.15) is 0 Å². The second-order valence-corrected chi connectivity index (χ2v) is 6.49. The first-order valence-corrected chi connectivity index (χ1v) is 8.01. The maximum atomic E-state index is 11.9. The van der Waals surface area contributed by atoms with Gasteiger partial charge < -0.3 is 14.9 Å². The van der Waals surface area contributed by atoms with Crippen molar-refractivity contribution in [2.75, 3.05) is 6.61 Å². The van der Waals surface area contributed by atoms with E-state index in [-0.39, 0.29) is 6.42 Å². The average Bonchev–Trinajstić information content (AvgIpc) is 2.51. The number of hydrogen-bond acceptors (Lipinski definition) is 6. The Morgan fingerprint density at radius 1 is 1.29 bits per heavy atom. The highest BCUT2D eigenvalue weighted by Gasteiger charge is 2.43. The number of esters is 1. The molecule has 0 aromatic heterocycles. The van der Waals surface area contributed by atoms with Crippen LogP contribution in [-0.2, 0) is 19.1 Å². The quantitative estimate of drug-likeness (QED) is 0.350. The van der Waals surface area contributed by atoms with E-state index in [9.17, 15) is 24.6 Å². The van der Waals surface area contributed by atoms with E-state index in [4.69, 9.17) is 0 Å². The largest absolute Gasteiger partial charge is 0.506 e. The molecule has 0 spiro atoms. The summed E-state index contributed by atoms with van der Waals surface area (Å²) in [7, 11) is 0. The highest BCUT2D eigenvalue weighted by atomic mass is 32.2. The summed E-state index contributed by atoms with van der Waals surface area (Å²) in [5.74, 6) is -3.19. The number of likely N-dealkylation sites (tertiary alicyclic amines) is 1. The maximum absolute atomic E-state index is 11.9. The number of ether oxygens (including phenoxy) is 1. The van der Waals surface area contributed by atoms with Gasteiger partial charge in [0, 0.05) is 11.8 Å². The first kappa shape index (κ1) is 17.9. The topological polar surface area (TPSA) is 104 Å². The molecule has 0 saturated carbocycles. The van der Waals surface area contributed by atoms with E-state index in [1.54, 1.807) is 0 Å². The van der Waals surface area contributed by atoms with Crippen molar-refractivity contribution in [1.82, 2.24) is 4.90 Å². The Morgan fingerprint density at radius 2 is 1.92 bits per heavy atom. The molecule has 2 N–H and O–H groups in total. The Morgan fingerprint density at radius 3 is 2.42 bits per heavy atom. The predicted octanol–water partition coefficient (Wildman–Crippen LogP) is 2.06. The van der Waals surface area contributed by atoms with Crippen LogP contribution >= 0.6 is 11.8 Å². The van der Waals surface area contributed by atoms with Gasteiger partial charge in [0.25, 0.3) is 0 Å². The lowest BCUT2D eigenvalue weighted by Crippen LogP contribution is -2.52. The minimum atomic E-state index is -1.46. The van der Waals surface area contributed by atoms with Crippen molar-refractivity contribution in [2.45, 2.75) is 30.5 Å². The van der Waals surface area contributed by atoms with E-state index in [1.807, 2.05) is 31.2 Å². The van der Waals surface area contributed by atoms with Gasteiger partial charge in [-0.1, -0.05) is 17.7 Å². The molecule has 0 bridgehead atoms. The number of carboxylic acids is 1. The highest BCUT2D eigenvalue weighted by molar-refractivity contribution is 8.00. The fourth-order valence-electron chi connectivity index (χ4n) is 2.13. The van der Waals surface area contributed by atoms with Crippen molar-refractivity contribution < 1.29 is 29.3 Å². The number of aliphatic hydroxyl groups is 1. The standard InChI is InChI=1S/C16H17NO6S/c1-9-3-5-11(6-4-9)24-14-7-13(20)17(14)15(16(21)22)12(19)8-23-10(2)18/h3-6,14,19H,7-8H2,1-2H3,(H,21,22). The average molecular weight is 351 g/mol. The minimum absolute atomic E-state index is 0.163. The Bertz CT molecular complexity index is 697. The van der Waals surface area contributed by atoms with Crippen LogP contribution in [0.2, 0.25) is 0 Å². The van der Waals surface area contributed by atoms with E-state index >= 15 is 0 Å². The van der Waals surface area contributed by atoms with Crippen molar-refractivity contribution in [2.24, 2.45) is 0 Å². The maximum Gasteiger partial charge on any atom is 0.356 e. The van der Waals surface area contributed by atoms with Crippen LogP contribution in [0.25, 0.3) is 0 Å². The number of aryl methyl sites for hydroxylation is 1. The Kier molecular flexibility index (Phi) is 5.50. The summed E-state index contributed by atoms with van der Waals surface area (Å²) in [5, 5.41) is 18.8. The number of nitrogens with zero attached hydrogens (tertiary/aromatic N) is 1. The first-order valence-electron chi connectivity index (χ1n) is 7.13. The van der Waals surface area contributed by atoms with Crippen LogP contribution in [-0.4, -0.2) is 44.9 Å².